The second kappa shape index (κ2) is 7.31. The van der Waals surface area contributed by atoms with E-state index in [4.69, 9.17) is 4.74 Å². The highest BCUT2D eigenvalue weighted by Gasteiger charge is 2.17. The summed E-state index contributed by atoms with van der Waals surface area (Å²) >= 11 is 0. The minimum atomic E-state index is -0.521. The van der Waals surface area contributed by atoms with E-state index in [1.54, 1.807) is 6.07 Å². The van der Waals surface area contributed by atoms with Crippen LogP contribution in [0.3, 0.4) is 0 Å². The van der Waals surface area contributed by atoms with Crippen molar-refractivity contribution in [3.63, 3.8) is 0 Å². The third-order valence-electron chi connectivity index (χ3n) is 3.05. The lowest BCUT2D eigenvalue weighted by Gasteiger charge is -2.23. The first kappa shape index (κ1) is 15.7. The molecule has 0 bridgehead atoms. The molecular weight excluding hydrogens is 271 g/mol. The number of hydrogen-bond donors (Lipinski definition) is 2. The molecule has 106 valence electrons. The summed E-state index contributed by atoms with van der Waals surface area (Å²) in [5.74, 6) is -0.622. The van der Waals surface area contributed by atoms with E-state index < -0.39 is 5.82 Å². The molecule has 1 saturated heterocycles. The second-order valence-corrected chi connectivity index (χ2v) is 4.37. The van der Waals surface area contributed by atoms with Gasteiger partial charge in [0.1, 0.15) is 0 Å². The minimum Gasteiger partial charge on any atom is -0.494 e. The maximum absolute atomic E-state index is 13.5. The van der Waals surface area contributed by atoms with Gasteiger partial charge >= 0.3 is 0 Å². The molecule has 19 heavy (non-hydrogen) atoms. The number of rotatable bonds is 3. The van der Waals surface area contributed by atoms with Crippen molar-refractivity contribution >= 4 is 18.3 Å². The lowest BCUT2D eigenvalue weighted by molar-refractivity contribution is 0.0930. The van der Waals surface area contributed by atoms with E-state index >= 15 is 0 Å². The summed E-state index contributed by atoms with van der Waals surface area (Å²) in [5.41, 5.74) is 0.318. The average molecular weight is 289 g/mol. The van der Waals surface area contributed by atoms with Crippen LogP contribution in [-0.2, 0) is 0 Å². The largest absolute Gasteiger partial charge is 0.494 e. The molecule has 1 atom stereocenters. The molecule has 0 radical (unpaired) electrons. The van der Waals surface area contributed by atoms with Gasteiger partial charge in [-0.15, -0.1) is 12.4 Å². The zero-order chi connectivity index (χ0) is 13.0. The number of ether oxygens (including phenoxy) is 1. The molecule has 1 heterocycles. The van der Waals surface area contributed by atoms with E-state index in [9.17, 15) is 9.18 Å². The van der Waals surface area contributed by atoms with Gasteiger partial charge in [-0.1, -0.05) is 0 Å². The maximum Gasteiger partial charge on any atom is 0.251 e. The Hall–Kier alpha value is -1.33. The van der Waals surface area contributed by atoms with E-state index in [1.165, 1.54) is 19.2 Å². The molecule has 1 amide bonds. The number of hydrogen-bond acceptors (Lipinski definition) is 3. The topological polar surface area (TPSA) is 50.4 Å². The van der Waals surface area contributed by atoms with Crippen LogP contribution in [0.25, 0.3) is 0 Å². The number of benzene rings is 1. The van der Waals surface area contributed by atoms with Gasteiger partial charge in [-0.05, 0) is 37.6 Å². The Morgan fingerprint density at radius 2 is 2.32 bits per heavy atom. The lowest BCUT2D eigenvalue weighted by atomic mass is 10.1. The highest BCUT2D eigenvalue weighted by molar-refractivity contribution is 5.94. The van der Waals surface area contributed by atoms with Crippen molar-refractivity contribution in [2.45, 2.75) is 18.9 Å². The standard InChI is InChI=1S/C13H17FN2O2.ClH/c1-18-12-5-4-9(7-11(12)14)13(17)16-10-3-2-6-15-8-10;/h4-5,7,10,15H,2-3,6,8H2,1H3,(H,16,17);1H/t10-;/m1./s1. The van der Waals surface area contributed by atoms with E-state index in [0.717, 1.165) is 25.9 Å². The zero-order valence-corrected chi connectivity index (χ0v) is 11.6. The fourth-order valence-corrected chi connectivity index (χ4v) is 2.05. The molecule has 6 heteroatoms. The summed E-state index contributed by atoms with van der Waals surface area (Å²) in [5, 5.41) is 6.10. The maximum atomic E-state index is 13.5. The van der Waals surface area contributed by atoms with Crippen LogP contribution in [0.1, 0.15) is 23.2 Å². The molecule has 2 N–H and O–H groups in total. The van der Waals surface area contributed by atoms with Crippen molar-refractivity contribution in [2.75, 3.05) is 20.2 Å². The Kier molecular flexibility index (Phi) is 6.05. The van der Waals surface area contributed by atoms with Crippen LogP contribution in [-0.4, -0.2) is 32.1 Å². The molecule has 1 fully saturated rings. The quantitative estimate of drug-likeness (QED) is 0.891. The monoisotopic (exact) mass is 288 g/mol. The van der Waals surface area contributed by atoms with Crippen LogP contribution in [0.4, 0.5) is 4.39 Å². The van der Waals surface area contributed by atoms with Crippen molar-refractivity contribution in [1.82, 2.24) is 10.6 Å². The fraction of sp³-hybridized carbons (Fsp3) is 0.462. The first-order chi connectivity index (χ1) is 8.70. The molecule has 1 aromatic rings. The van der Waals surface area contributed by atoms with Crippen LogP contribution in [0.2, 0.25) is 0 Å². The van der Waals surface area contributed by atoms with Crippen molar-refractivity contribution in [2.24, 2.45) is 0 Å². The molecule has 0 spiro atoms. The Bertz CT molecular complexity index is 437. The minimum absolute atomic E-state index is 0. The number of nitrogens with one attached hydrogen (secondary N) is 2. The van der Waals surface area contributed by atoms with Crippen LogP contribution in [0.15, 0.2) is 18.2 Å². The molecule has 4 nitrogen and oxygen atoms in total. The van der Waals surface area contributed by atoms with Crippen LogP contribution in [0.5, 0.6) is 5.75 Å². The zero-order valence-electron chi connectivity index (χ0n) is 10.7. The number of amides is 1. The summed E-state index contributed by atoms with van der Waals surface area (Å²) in [6, 6.07) is 4.35. The molecule has 0 saturated carbocycles. The van der Waals surface area contributed by atoms with Crippen molar-refractivity contribution < 1.29 is 13.9 Å². The second-order valence-electron chi connectivity index (χ2n) is 4.37. The summed E-state index contributed by atoms with van der Waals surface area (Å²) < 4.78 is 18.3. The smallest absolute Gasteiger partial charge is 0.251 e. The van der Waals surface area contributed by atoms with Crippen molar-refractivity contribution in [3.05, 3.63) is 29.6 Å². The number of methoxy groups -OCH3 is 1. The molecule has 1 aliphatic rings. The van der Waals surface area contributed by atoms with Gasteiger partial charge in [0.15, 0.2) is 11.6 Å². The summed E-state index contributed by atoms with van der Waals surface area (Å²) in [4.78, 5) is 11.9. The predicted octanol–water partition coefficient (Wildman–Crippen LogP) is 1.74. The number of halogens is 2. The van der Waals surface area contributed by atoms with E-state index in [2.05, 4.69) is 10.6 Å². The highest BCUT2D eigenvalue weighted by Crippen LogP contribution is 2.17. The third kappa shape index (κ3) is 4.08. The normalized spacial score (nSPS) is 18.3. The molecule has 1 aliphatic heterocycles. The van der Waals surface area contributed by atoms with Gasteiger partial charge in [0, 0.05) is 18.2 Å². The van der Waals surface area contributed by atoms with E-state index in [1.807, 2.05) is 0 Å². The van der Waals surface area contributed by atoms with Gasteiger partial charge in [-0.2, -0.15) is 0 Å². The fourth-order valence-electron chi connectivity index (χ4n) is 2.05. The molecule has 2 rings (SSSR count). The van der Waals surface area contributed by atoms with Gasteiger partial charge in [0.2, 0.25) is 0 Å². The van der Waals surface area contributed by atoms with Gasteiger partial charge in [-0.3, -0.25) is 4.79 Å². The van der Waals surface area contributed by atoms with Crippen molar-refractivity contribution in [1.29, 1.82) is 0 Å². The molecule has 0 aromatic heterocycles. The Balaban J connectivity index is 0.00000180. The molecule has 0 aliphatic carbocycles. The van der Waals surface area contributed by atoms with Crippen LogP contribution < -0.4 is 15.4 Å². The summed E-state index contributed by atoms with van der Waals surface area (Å²) in [6.07, 6.45) is 2.00. The van der Waals surface area contributed by atoms with E-state index in [0.29, 0.717) is 5.56 Å². The first-order valence-electron chi connectivity index (χ1n) is 6.06. The molecular formula is C13H18ClFN2O2. The Morgan fingerprint density at radius 1 is 1.53 bits per heavy atom. The Labute approximate surface area is 118 Å². The number of piperidine rings is 1. The number of carbonyl (C=O) groups is 1. The SMILES string of the molecule is COc1ccc(C(=O)N[C@@H]2CCCNC2)cc1F.Cl. The van der Waals surface area contributed by atoms with Gasteiger partial charge < -0.3 is 15.4 Å². The van der Waals surface area contributed by atoms with Gasteiger partial charge in [0.05, 0.1) is 7.11 Å². The lowest BCUT2D eigenvalue weighted by Crippen LogP contribution is -2.45. The predicted molar refractivity (Wildman–Crippen MR) is 73.6 cm³/mol. The van der Waals surface area contributed by atoms with Crippen LogP contribution >= 0.6 is 12.4 Å². The Morgan fingerprint density at radius 3 is 2.89 bits per heavy atom. The summed E-state index contributed by atoms with van der Waals surface area (Å²) in [6.45, 7) is 1.76. The van der Waals surface area contributed by atoms with Gasteiger partial charge in [-0.25, -0.2) is 4.39 Å². The summed E-state index contributed by atoms with van der Waals surface area (Å²) in [7, 11) is 1.39. The van der Waals surface area contributed by atoms with Crippen LogP contribution in [0, 0.1) is 5.82 Å². The van der Waals surface area contributed by atoms with Crippen molar-refractivity contribution in [3.8, 4) is 5.75 Å². The van der Waals surface area contributed by atoms with E-state index in [-0.39, 0.29) is 30.1 Å². The number of carbonyl (C=O) groups excluding carboxylic acids is 1. The molecule has 1 aromatic carbocycles. The average Bonchev–Trinajstić information content (AvgIpc) is 2.39. The molecule has 0 unspecified atom stereocenters. The third-order valence-corrected chi connectivity index (χ3v) is 3.05. The highest BCUT2D eigenvalue weighted by atomic mass is 35.5. The van der Waals surface area contributed by atoms with Gasteiger partial charge in [0.25, 0.3) is 5.91 Å². The first-order valence-corrected chi connectivity index (χ1v) is 6.06.